The minimum Gasteiger partial charge on any atom is -0.308 e. The highest BCUT2D eigenvalue weighted by Gasteiger charge is 2.14. The maximum Gasteiger partial charge on any atom is 0.131 e. The molecule has 0 spiro atoms. The van der Waals surface area contributed by atoms with Gasteiger partial charge in [-0.15, -0.1) is 21.5 Å². The normalized spacial score (nSPS) is 17.5. The van der Waals surface area contributed by atoms with Gasteiger partial charge in [-0.25, -0.2) is 0 Å². The molecule has 0 unspecified atom stereocenters. The summed E-state index contributed by atoms with van der Waals surface area (Å²) in [6.07, 6.45) is 9.62. The maximum atomic E-state index is 4.31. The van der Waals surface area contributed by atoms with Gasteiger partial charge in [0.25, 0.3) is 0 Å². The summed E-state index contributed by atoms with van der Waals surface area (Å²) in [4.78, 5) is 0. The minimum atomic E-state index is 0.514. The molecule has 102 valence electrons. The molecular weight excluding hydrogens is 242 g/mol. The SMILES string of the molecule is CC(C)NCc1nnc(CCC2CCCCC2)s1. The van der Waals surface area contributed by atoms with Crippen molar-refractivity contribution in [2.45, 2.75) is 71.4 Å². The highest BCUT2D eigenvalue weighted by Crippen LogP contribution is 2.27. The Labute approximate surface area is 114 Å². The molecule has 4 heteroatoms. The van der Waals surface area contributed by atoms with Gasteiger partial charge in [0, 0.05) is 19.0 Å². The predicted molar refractivity (Wildman–Crippen MR) is 76.8 cm³/mol. The Morgan fingerprint density at radius 2 is 1.89 bits per heavy atom. The molecule has 1 N–H and O–H groups in total. The van der Waals surface area contributed by atoms with Crippen molar-refractivity contribution >= 4 is 11.3 Å². The van der Waals surface area contributed by atoms with E-state index in [1.165, 1.54) is 43.5 Å². The van der Waals surface area contributed by atoms with Gasteiger partial charge >= 0.3 is 0 Å². The van der Waals surface area contributed by atoms with Crippen LogP contribution in [0.4, 0.5) is 0 Å². The fourth-order valence-corrected chi connectivity index (χ4v) is 3.37. The van der Waals surface area contributed by atoms with E-state index in [0.29, 0.717) is 6.04 Å². The summed E-state index contributed by atoms with van der Waals surface area (Å²) in [5, 5.41) is 14.3. The van der Waals surface area contributed by atoms with Gasteiger partial charge in [-0.2, -0.15) is 0 Å². The maximum absolute atomic E-state index is 4.31. The quantitative estimate of drug-likeness (QED) is 0.856. The Hall–Kier alpha value is -0.480. The molecule has 1 aliphatic rings. The number of aryl methyl sites for hydroxylation is 1. The van der Waals surface area contributed by atoms with E-state index in [0.717, 1.165) is 23.9 Å². The fraction of sp³-hybridized carbons (Fsp3) is 0.857. The third-order valence-corrected chi connectivity index (χ3v) is 4.64. The first-order chi connectivity index (χ1) is 8.74. The molecule has 0 aliphatic heterocycles. The van der Waals surface area contributed by atoms with Crippen LogP contribution in [0.25, 0.3) is 0 Å². The zero-order valence-corrected chi connectivity index (χ0v) is 12.4. The Balaban J connectivity index is 1.72. The van der Waals surface area contributed by atoms with Gasteiger partial charge in [0.15, 0.2) is 0 Å². The lowest BCUT2D eigenvalue weighted by atomic mass is 9.86. The second kappa shape index (κ2) is 7.19. The molecule has 1 aromatic heterocycles. The smallest absolute Gasteiger partial charge is 0.131 e. The molecule has 3 nitrogen and oxygen atoms in total. The molecule has 1 heterocycles. The summed E-state index contributed by atoms with van der Waals surface area (Å²) >= 11 is 1.78. The lowest BCUT2D eigenvalue weighted by Gasteiger charge is -2.20. The molecule has 0 aromatic carbocycles. The van der Waals surface area contributed by atoms with E-state index in [4.69, 9.17) is 0 Å². The Bertz CT molecular complexity index is 343. The molecule has 0 saturated heterocycles. The Kier molecular flexibility index (Phi) is 5.57. The van der Waals surface area contributed by atoms with E-state index in [-0.39, 0.29) is 0 Å². The van der Waals surface area contributed by atoms with Crippen molar-refractivity contribution in [2.24, 2.45) is 5.92 Å². The van der Waals surface area contributed by atoms with Crippen LogP contribution in [0.2, 0.25) is 0 Å². The van der Waals surface area contributed by atoms with Gasteiger partial charge in [0.1, 0.15) is 10.0 Å². The second-order valence-electron chi connectivity index (χ2n) is 5.67. The summed E-state index contributed by atoms with van der Waals surface area (Å²) in [5.41, 5.74) is 0. The third kappa shape index (κ3) is 4.65. The van der Waals surface area contributed by atoms with E-state index in [2.05, 4.69) is 29.4 Å². The van der Waals surface area contributed by atoms with E-state index in [9.17, 15) is 0 Å². The number of rotatable bonds is 6. The summed E-state index contributed by atoms with van der Waals surface area (Å²) in [6.45, 7) is 5.18. The van der Waals surface area contributed by atoms with Crippen LogP contribution in [0, 0.1) is 5.92 Å². The van der Waals surface area contributed by atoms with Crippen LogP contribution < -0.4 is 5.32 Å². The standard InChI is InChI=1S/C14H25N3S/c1-11(2)15-10-14-17-16-13(18-14)9-8-12-6-4-3-5-7-12/h11-12,15H,3-10H2,1-2H3. The van der Waals surface area contributed by atoms with E-state index < -0.39 is 0 Å². The first kappa shape index (κ1) is 13.9. The summed E-state index contributed by atoms with van der Waals surface area (Å²) in [7, 11) is 0. The summed E-state index contributed by atoms with van der Waals surface area (Å²) < 4.78 is 0. The zero-order chi connectivity index (χ0) is 12.8. The van der Waals surface area contributed by atoms with Gasteiger partial charge in [-0.05, 0) is 12.3 Å². The van der Waals surface area contributed by atoms with Crippen molar-refractivity contribution in [1.82, 2.24) is 15.5 Å². The third-order valence-electron chi connectivity index (χ3n) is 3.66. The van der Waals surface area contributed by atoms with Crippen molar-refractivity contribution in [3.63, 3.8) is 0 Å². The Morgan fingerprint density at radius 1 is 1.17 bits per heavy atom. The van der Waals surface area contributed by atoms with Crippen molar-refractivity contribution < 1.29 is 0 Å². The van der Waals surface area contributed by atoms with Gasteiger partial charge in [-0.1, -0.05) is 46.0 Å². The number of aromatic nitrogens is 2. The lowest BCUT2D eigenvalue weighted by molar-refractivity contribution is 0.339. The van der Waals surface area contributed by atoms with Crippen LogP contribution in [-0.2, 0) is 13.0 Å². The van der Waals surface area contributed by atoms with Crippen LogP contribution in [0.3, 0.4) is 0 Å². The van der Waals surface area contributed by atoms with E-state index in [1.54, 1.807) is 11.3 Å². The summed E-state index contributed by atoms with van der Waals surface area (Å²) in [5.74, 6) is 0.944. The fourth-order valence-electron chi connectivity index (χ4n) is 2.56. The van der Waals surface area contributed by atoms with E-state index >= 15 is 0 Å². The molecule has 0 amide bonds. The second-order valence-corrected chi connectivity index (χ2v) is 6.81. The van der Waals surface area contributed by atoms with Crippen molar-refractivity contribution in [2.75, 3.05) is 0 Å². The minimum absolute atomic E-state index is 0.514. The number of nitrogens with zero attached hydrogens (tertiary/aromatic N) is 2. The van der Waals surface area contributed by atoms with Crippen LogP contribution >= 0.6 is 11.3 Å². The molecule has 1 aromatic rings. The lowest BCUT2D eigenvalue weighted by Crippen LogP contribution is -2.21. The van der Waals surface area contributed by atoms with Crippen LogP contribution in [-0.4, -0.2) is 16.2 Å². The molecule has 0 atom stereocenters. The van der Waals surface area contributed by atoms with Crippen LogP contribution in [0.1, 0.15) is 62.4 Å². The molecule has 1 saturated carbocycles. The Morgan fingerprint density at radius 3 is 2.61 bits per heavy atom. The molecular formula is C14H25N3S. The van der Waals surface area contributed by atoms with Crippen molar-refractivity contribution in [1.29, 1.82) is 0 Å². The van der Waals surface area contributed by atoms with Crippen molar-refractivity contribution in [3.05, 3.63) is 10.0 Å². The number of hydrogen-bond acceptors (Lipinski definition) is 4. The van der Waals surface area contributed by atoms with Crippen LogP contribution in [0.5, 0.6) is 0 Å². The van der Waals surface area contributed by atoms with Gasteiger partial charge < -0.3 is 5.32 Å². The molecule has 0 radical (unpaired) electrons. The number of hydrogen-bond donors (Lipinski definition) is 1. The highest BCUT2D eigenvalue weighted by molar-refractivity contribution is 7.11. The van der Waals surface area contributed by atoms with Gasteiger partial charge in [0.2, 0.25) is 0 Å². The first-order valence-electron chi connectivity index (χ1n) is 7.28. The van der Waals surface area contributed by atoms with Crippen LogP contribution in [0.15, 0.2) is 0 Å². The average molecular weight is 267 g/mol. The van der Waals surface area contributed by atoms with E-state index in [1.807, 2.05) is 0 Å². The monoisotopic (exact) mass is 267 g/mol. The molecule has 2 rings (SSSR count). The molecule has 1 aliphatic carbocycles. The summed E-state index contributed by atoms with van der Waals surface area (Å²) in [6, 6.07) is 0.514. The molecule has 0 bridgehead atoms. The zero-order valence-electron chi connectivity index (χ0n) is 11.6. The first-order valence-corrected chi connectivity index (χ1v) is 8.10. The van der Waals surface area contributed by atoms with Crippen molar-refractivity contribution in [3.8, 4) is 0 Å². The van der Waals surface area contributed by atoms with Gasteiger partial charge in [-0.3, -0.25) is 0 Å². The molecule has 18 heavy (non-hydrogen) atoms. The van der Waals surface area contributed by atoms with Gasteiger partial charge in [0.05, 0.1) is 0 Å². The predicted octanol–water partition coefficient (Wildman–Crippen LogP) is 3.55. The highest BCUT2D eigenvalue weighted by atomic mass is 32.1. The topological polar surface area (TPSA) is 37.8 Å². The number of nitrogens with one attached hydrogen (secondary N) is 1. The largest absolute Gasteiger partial charge is 0.308 e. The average Bonchev–Trinajstić information content (AvgIpc) is 2.83. The molecule has 1 fully saturated rings.